The van der Waals surface area contributed by atoms with E-state index in [4.69, 9.17) is 8.97 Å². The summed E-state index contributed by atoms with van der Waals surface area (Å²) in [6.45, 7) is 0. The SMILES string of the molecule is O=S(=O)(O)c1ccc(/C=[N+](\[O-])C2CCCCC2)o1. The van der Waals surface area contributed by atoms with Gasteiger partial charge in [0, 0.05) is 12.8 Å². The Balaban J connectivity index is 2.14. The summed E-state index contributed by atoms with van der Waals surface area (Å²) in [5.41, 5.74) is 0. The molecule has 0 radical (unpaired) electrons. The molecule has 1 fully saturated rings. The Bertz CT molecular complexity index is 540. The van der Waals surface area contributed by atoms with Crippen LogP contribution in [0.4, 0.5) is 0 Å². The van der Waals surface area contributed by atoms with Crippen LogP contribution in [0.3, 0.4) is 0 Å². The Hall–Kier alpha value is -1.34. The summed E-state index contributed by atoms with van der Waals surface area (Å²) in [6, 6.07) is 2.39. The molecule has 6 nitrogen and oxygen atoms in total. The molecule has 0 aromatic carbocycles. The first-order valence-corrected chi connectivity index (χ1v) is 7.28. The average molecular weight is 273 g/mol. The van der Waals surface area contributed by atoms with E-state index in [-0.39, 0.29) is 11.8 Å². The van der Waals surface area contributed by atoms with Crippen LogP contribution >= 0.6 is 0 Å². The van der Waals surface area contributed by atoms with Gasteiger partial charge in [0.25, 0.3) is 0 Å². The summed E-state index contributed by atoms with van der Waals surface area (Å²) < 4.78 is 36.0. The third kappa shape index (κ3) is 3.11. The fourth-order valence-electron chi connectivity index (χ4n) is 2.11. The zero-order chi connectivity index (χ0) is 13.2. The predicted molar refractivity (Wildman–Crippen MR) is 64.2 cm³/mol. The van der Waals surface area contributed by atoms with Crippen LogP contribution < -0.4 is 0 Å². The quantitative estimate of drug-likeness (QED) is 0.298. The standard InChI is InChI=1S/C11H15NO5S/c13-12(9-4-2-1-3-5-9)8-10-6-7-11(17-10)18(14,15)16/h6-9H,1-5H2,(H,14,15,16)/b12-8-. The average Bonchev–Trinajstić information content (AvgIpc) is 2.78. The Kier molecular flexibility index (Phi) is 3.72. The minimum atomic E-state index is -4.35. The van der Waals surface area contributed by atoms with E-state index in [0.29, 0.717) is 0 Å². The number of hydroxylamine groups is 1. The lowest BCUT2D eigenvalue weighted by Crippen LogP contribution is -2.25. The number of nitrogens with zero attached hydrogens (tertiary/aromatic N) is 1. The number of hydrogen-bond donors (Lipinski definition) is 1. The van der Waals surface area contributed by atoms with Crippen LogP contribution in [-0.2, 0) is 10.1 Å². The van der Waals surface area contributed by atoms with E-state index < -0.39 is 15.2 Å². The lowest BCUT2D eigenvalue weighted by molar-refractivity contribution is -0.501. The molecule has 1 N–H and O–H groups in total. The van der Waals surface area contributed by atoms with E-state index in [1.54, 1.807) is 0 Å². The van der Waals surface area contributed by atoms with Gasteiger partial charge in [-0.3, -0.25) is 4.55 Å². The fraction of sp³-hybridized carbons (Fsp3) is 0.545. The van der Waals surface area contributed by atoms with Gasteiger partial charge in [-0.25, -0.2) is 4.74 Å². The topological polar surface area (TPSA) is 93.6 Å². The van der Waals surface area contributed by atoms with Gasteiger partial charge < -0.3 is 9.62 Å². The van der Waals surface area contributed by atoms with Crippen molar-refractivity contribution in [1.29, 1.82) is 0 Å². The maximum Gasteiger partial charge on any atom is 0.328 e. The van der Waals surface area contributed by atoms with Crippen molar-refractivity contribution in [3.8, 4) is 0 Å². The van der Waals surface area contributed by atoms with Gasteiger partial charge in [-0.1, -0.05) is 6.42 Å². The molecule has 0 spiro atoms. The van der Waals surface area contributed by atoms with E-state index in [0.717, 1.165) is 42.9 Å². The first-order valence-electron chi connectivity index (χ1n) is 5.84. The monoisotopic (exact) mass is 273 g/mol. The molecule has 0 bridgehead atoms. The number of hydrogen-bond acceptors (Lipinski definition) is 4. The molecule has 1 aliphatic carbocycles. The summed E-state index contributed by atoms with van der Waals surface area (Å²) in [5.74, 6) is 0.128. The van der Waals surface area contributed by atoms with E-state index in [2.05, 4.69) is 0 Å². The lowest BCUT2D eigenvalue weighted by Gasteiger charge is -2.20. The van der Waals surface area contributed by atoms with Gasteiger partial charge in [0.15, 0.2) is 11.8 Å². The maximum atomic E-state index is 11.8. The molecule has 100 valence electrons. The van der Waals surface area contributed by atoms with Crippen LogP contribution in [0.25, 0.3) is 0 Å². The first kappa shape index (κ1) is 13.1. The van der Waals surface area contributed by atoms with Gasteiger partial charge in [-0.2, -0.15) is 8.42 Å². The number of furan rings is 1. The molecule has 2 rings (SSSR count). The van der Waals surface area contributed by atoms with Gasteiger partial charge in [0.2, 0.25) is 11.3 Å². The molecular weight excluding hydrogens is 258 g/mol. The summed E-state index contributed by atoms with van der Waals surface area (Å²) >= 11 is 0. The zero-order valence-corrected chi connectivity index (χ0v) is 10.6. The lowest BCUT2D eigenvalue weighted by atomic mass is 9.96. The van der Waals surface area contributed by atoms with Crippen LogP contribution in [-0.4, -0.2) is 30.0 Å². The van der Waals surface area contributed by atoms with E-state index in [1.807, 2.05) is 0 Å². The van der Waals surface area contributed by atoms with Crippen LogP contribution in [0.15, 0.2) is 21.6 Å². The van der Waals surface area contributed by atoms with Crippen molar-refractivity contribution in [3.05, 3.63) is 23.1 Å². The first-order chi connectivity index (χ1) is 8.47. The van der Waals surface area contributed by atoms with Crippen molar-refractivity contribution in [2.24, 2.45) is 0 Å². The van der Waals surface area contributed by atoms with Crippen LogP contribution in [0.2, 0.25) is 0 Å². The predicted octanol–water partition coefficient (Wildman–Crippen LogP) is 1.79. The minimum absolute atomic E-state index is 0.0713. The Morgan fingerprint density at radius 1 is 1.33 bits per heavy atom. The Labute approximate surface area is 105 Å². The highest BCUT2D eigenvalue weighted by Crippen LogP contribution is 2.20. The molecule has 0 atom stereocenters. The van der Waals surface area contributed by atoms with E-state index in [9.17, 15) is 13.6 Å². The van der Waals surface area contributed by atoms with Crippen LogP contribution in [0.1, 0.15) is 37.9 Å². The van der Waals surface area contributed by atoms with Crippen LogP contribution in [0, 0.1) is 5.21 Å². The van der Waals surface area contributed by atoms with Crippen molar-refractivity contribution < 1.29 is 22.1 Å². The molecule has 1 saturated carbocycles. The molecule has 1 aromatic rings. The van der Waals surface area contributed by atoms with E-state index >= 15 is 0 Å². The molecule has 0 saturated heterocycles. The second-order valence-corrected chi connectivity index (χ2v) is 5.77. The molecule has 1 heterocycles. The van der Waals surface area contributed by atoms with Crippen molar-refractivity contribution in [3.63, 3.8) is 0 Å². The molecule has 0 amide bonds. The van der Waals surface area contributed by atoms with Crippen molar-refractivity contribution in [2.75, 3.05) is 0 Å². The van der Waals surface area contributed by atoms with Crippen molar-refractivity contribution in [1.82, 2.24) is 0 Å². The summed E-state index contributed by atoms with van der Waals surface area (Å²) in [5, 5.41) is 11.3. The molecule has 7 heteroatoms. The largest absolute Gasteiger partial charge is 0.624 e. The Morgan fingerprint density at radius 2 is 2.00 bits per heavy atom. The van der Waals surface area contributed by atoms with Gasteiger partial charge in [-0.15, -0.1) is 0 Å². The molecule has 1 aromatic heterocycles. The smallest absolute Gasteiger partial charge is 0.328 e. The molecule has 1 aliphatic rings. The second-order valence-electron chi connectivity index (χ2n) is 4.41. The van der Waals surface area contributed by atoms with Crippen molar-refractivity contribution >= 4 is 16.3 Å². The Morgan fingerprint density at radius 3 is 2.56 bits per heavy atom. The maximum absolute atomic E-state index is 11.8. The van der Waals surface area contributed by atoms with Gasteiger partial charge in [0.1, 0.15) is 0 Å². The summed E-state index contributed by atoms with van der Waals surface area (Å²) in [4.78, 5) is 0. The van der Waals surface area contributed by atoms with E-state index in [1.165, 1.54) is 12.3 Å². The van der Waals surface area contributed by atoms with Gasteiger partial charge >= 0.3 is 10.1 Å². The zero-order valence-electron chi connectivity index (χ0n) is 9.78. The molecule has 0 unspecified atom stereocenters. The summed E-state index contributed by atoms with van der Waals surface area (Å²) in [6.07, 6.45) is 6.12. The number of rotatable bonds is 3. The minimum Gasteiger partial charge on any atom is -0.624 e. The normalized spacial score (nSPS) is 19.1. The van der Waals surface area contributed by atoms with Gasteiger partial charge in [0.05, 0.1) is 0 Å². The van der Waals surface area contributed by atoms with Crippen molar-refractivity contribution in [2.45, 2.75) is 43.2 Å². The highest BCUT2D eigenvalue weighted by Gasteiger charge is 2.21. The highest BCUT2D eigenvalue weighted by atomic mass is 32.2. The van der Waals surface area contributed by atoms with Crippen LogP contribution in [0.5, 0.6) is 0 Å². The van der Waals surface area contributed by atoms with Gasteiger partial charge in [-0.05, 0) is 25.0 Å². The fourth-order valence-corrected chi connectivity index (χ4v) is 2.55. The third-order valence-corrected chi connectivity index (χ3v) is 3.77. The third-order valence-electron chi connectivity index (χ3n) is 3.05. The molecule has 18 heavy (non-hydrogen) atoms. The molecule has 0 aliphatic heterocycles. The molecular formula is C11H15NO5S. The second kappa shape index (κ2) is 5.11. The summed E-state index contributed by atoms with van der Waals surface area (Å²) in [7, 11) is -4.35. The highest BCUT2D eigenvalue weighted by molar-refractivity contribution is 7.85.